The standard InChI is InChI=1S/C26H30N2O5/c1-3-17-12-16(2)14-28(17)25(31)23(13-24(29)30)27-26(32)33-15-22-20-10-6-4-8-18(20)19-9-5-7-11-21(19)22/h4-11,16-17,22-23H,3,12-15H2,1-2H3,(H,27,32)(H,29,30). The van der Waals surface area contributed by atoms with Crippen molar-refractivity contribution in [2.24, 2.45) is 5.92 Å². The molecule has 0 bridgehead atoms. The summed E-state index contributed by atoms with van der Waals surface area (Å²) in [5.74, 6) is -1.27. The Balaban J connectivity index is 1.44. The lowest BCUT2D eigenvalue weighted by molar-refractivity contribution is -0.143. The molecule has 1 heterocycles. The van der Waals surface area contributed by atoms with E-state index in [1.54, 1.807) is 4.90 Å². The van der Waals surface area contributed by atoms with Gasteiger partial charge < -0.3 is 20.1 Å². The van der Waals surface area contributed by atoms with Gasteiger partial charge in [0.15, 0.2) is 0 Å². The molecule has 1 fully saturated rings. The maximum absolute atomic E-state index is 13.1. The largest absolute Gasteiger partial charge is 0.481 e. The van der Waals surface area contributed by atoms with Crippen molar-refractivity contribution in [2.45, 2.75) is 51.1 Å². The fourth-order valence-corrected chi connectivity index (χ4v) is 5.17. The van der Waals surface area contributed by atoms with Gasteiger partial charge in [-0.1, -0.05) is 62.4 Å². The highest BCUT2D eigenvalue weighted by Gasteiger charge is 2.37. The van der Waals surface area contributed by atoms with Gasteiger partial charge in [-0.3, -0.25) is 9.59 Å². The molecular weight excluding hydrogens is 420 g/mol. The fraction of sp³-hybridized carbons (Fsp3) is 0.423. The quantitative estimate of drug-likeness (QED) is 0.664. The number of hydrogen-bond donors (Lipinski definition) is 2. The molecule has 33 heavy (non-hydrogen) atoms. The Bertz CT molecular complexity index is 1010. The number of amides is 2. The van der Waals surface area contributed by atoms with E-state index in [2.05, 4.69) is 24.4 Å². The molecule has 2 aromatic rings. The lowest BCUT2D eigenvalue weighted by Gasteiger charge is -2.28. The second-order valence-corrected chi connectivity index (χ2v) is 9.01. The molecule has 0 saturated carbocycles. The molecule has 2 amide bonds. The highest BCUT2D eigenvalue weighted by molar-refractivity contribution is 5.89. The minimum atomic E-state index is -1.16. The molecule has 4 rings (SSSR count). The summed E-state index contributed by atoms with van der Waals surface area (Å²) in [4.78, 5) is 38.9. The smallest absolute Gasteiger partial charge is 0.407 e. The van der Waals surface area contributed by atoms with Crippen molar-refractivity contribution in [1.82, 2.24) is 10.2 Å². The van der Waals surface area contributed by atoms with Crippen LogP contribution in [-0.4, -0.2) is 53.2 Å². The Hall–Kier alpha value is -3.35. The number of carboxylic acid groups (broad SMARTS) is 1. The summed E-state index contributed by atoms with van der Waals surface area (Å²) in [6.45, 7) is 4.75. The predicted molar refractivity (Wildman–Crippen MR) is 124 cm³/mol. The lowest BCUT2D eigenvalue weighted by Crippen LogP contribution is -2.51. The van der Waals surface area contributed by atoms with E-state index in [-0.39, 0.29) is 24.5 Å². The van der Waals surface area contributed by atoms with Gasteiger partial charge in [0.25, 0.3) is 0 Å². The molecule has 0 spiro atoms. The second-order valence-electron chi connectivity index (χ2n) is 9.01. The lowest BCUT2D eigenvalue weighted by atomic mass is 9.98. The van der Waals surface area contributed by atoms with E-state index >= 15 is 0 Å². The van der Waals surface area contributed by atoms with Crippen molar-refractivity contribution in [3.63, 3.8) is 0 Å². The Labute approximate surface area is 193 Å². The summed E-state index contributed by atoms with van der Waals surface area (Å²) < 4.78 is 5.53. The van der Waals surface area contributed by atoms with Crippen LogP contribution < -0.4 is 5.32 Å². The van der Waals surface area contributed by atoms with Crippen LogP contribution in [-0.2, 0) is 14.3 Å². The van der Waals surface area contributed by atoms with Gasteiger partial charge in [-0.15, -0.1) is 0 Å². The third kappa shape index (κ3) is 4.72. The molecule has 3 unspecified atom stereocenters. The highest BCUT2D eigenvalue weighted by atomic mass is 16.5. The molecule has 7 nitrogen and oxygen atoms in total. The molecule has 2 aromatic carbocycles. The number of likely N-dealkylation sites (tertiary alicyclic amines) is 1. The number of carbonyl (C=O) groups is 3. The minimum Gasteiger partial charge on any atom is -0.481 e. The first-order valence-electron chi connectivity index (χ1n) is 11.5. The number of carboxylic acids is 1. The molecule has 7 heteroatoms. The Morgan fingerprint density at radius 1 is 1.09 bits per heavy atom. The summed E-state index contributed by atoms with van der Waals surface area (Å²) >= 11 is 0. The van der Waals surface area contributed by atoms with Crippen molar-refractivity contribution in [1.29, 1.82) is 0 Å². The van der Waals surface area contributed by atoms with E-state index in [0.717, 1.165) is 35.1 Å². The van der Waals surface area contributed by atoms with Crippen molar-refractivity contribution < 1.29 is 24.2 Å². The van der Waals surface area contributed by atoms with Gasteiger partial charge in [-0.25, -0.2) is 4.79 Å². The van der Waals surface area contributed by atoms with E-state index < -0.39 is 24.5 Å². The molecule has 3 atom stereocenters. The van der Waals surface area contributed by atoms with Gasteiger partial charge in [-0.05, 0) is 41.0 Å². The van der Waals surface area contributed by atoms with Crippen LogP contribution in [0.2, 0.25) is 0 Å². The molecule has 2 aliphatic rings. The minimum absolute atomic E-state index is 0.0631. The topological polar surface area (TPSA) is 95.9 Å². The zero-order valence-electron chi connectivity index (χ0n) is 19.0. The van der Waals surface area contributed by atoms with Crippen molar-refractivity contribution in [3.05, 3.63) is 59.7 Å². The number of carbonyl (C=O) groups excluding carboxylic acids is 2. The number of nitrogens with one attached hydrogen (secondary N) is 1. The first-order valence-corrected chi connectivity index (χ1v) is 11.5. The fourth-order valence-electron chi connectivity index (χ4n) is 5.17. The molecule has 1 aliphatic heterocycles. The SMILES string of the molecule is CCC1CC(C)CN1C(=O)C(CC(=O)O)NC(=O)OCC1c2ccccc2-c2ccccc21. The molecule has 174 valence electrons. The van der Waals surface area contributed by atoms with E-state index in [4.69, 9.17) is 4.74 Å². The van der Waals surface area contributed by atoms with Crippen molar-refractivity contribution in [3.8, 4) is 11.1 Å². The average molecular weight is 451 g/mol. The van der Waals surface area contributed by atoms with Gasteiger partial charge in [0.2, 0.25) is 5.91 Å². The maximum Gasteiger partial charge on any atom is 0.407 e. The van der Waals surface area contributed by atoms with Gasteiger partial charge in [-0.2, -0.15) is 0 Å². The first-order chi connectivity index (χ1) is 15.9. The van der Waals surface area contributed by atoms with Crippen molar-refractivity contribution >= 4 is 18.0 Å². The number of benzene rings is 2. The predicted octanol–water partition coefficient (Wildman–Crippen LogP) is 4.02. The third-order valence-electron chi connectivity index (χ3n) is 6.69. The van der Waals surface area contributed by atoms with Crippen LogP contribution in [0.4, 0.5) is 4.79 Å². The van der Waals surface area contributed by atoms with Crippen LogP contribution in [0.5, 0.6) is 0 Å². The molecule has 2 N–H and O–H groups in total. The van der Waals surface area contributed by atoms with Crippen LogP contribution in [0.15, 0.2) is 48.5 Å². The number of alkyl carbamates (subject to hydrolysis) is 1. The summed E-state index contributed by atoms with van der Waals surface area (Å²) in [7, 11) is 0. The number of rotatable bonds is 7. The Morgan fingerprint density at radius 2 is 1.70 bits per heavy atom. The van der Waals surface area contributed by atoms with Gasteiger partial charge in [0.05, 0.1) is 6.42 Å². The summed E-state index contributed by atoms with van der Waals surface area (Å²) in [6.07, 6.45) is 0.412. The highest BCUT2D eigenvalue weighted by Crippen LogP contribution is 2.44. The van der Waals surface area contributed by atoms with Gasteiger partial charge >= 0.3 is 12.1 Å². The van der Waals surface area contributed by atoms with Crippen LogP contribution in [0.25, 0.3) is 11.1 Å². The number of hydrogen-bond acceptors (Lipinski definition) is 4. The third-order valence-corrected chi connectivity index (χ3v) is 6.69. The maximum atomic E-state index is 13.1. The summed E-state index contributed by atoms with van der Waals surface area (Å²) in [6, 6.07) is 14.9. The summed E-state index contributed by atoms with van der Waals surface area (Å²) in [5, 5.41) is 11.8. The number of nitrogens with zero attached hydrogens (tertiary/aromatic N) is 1. The second kappa shape index (κ2) is 9.65. The van der Waals surface area contributed by atoms with E-state index in [1.807, 2.05) is 43.3 Å². The zero-order chi connectivity index (χ0) is 23.5. The Morgan fingerprint density at radius 3 is 2.27 bits per heavy atom. The molecular formula is C26H30N2O5. The number of fused-ring (bicyclic) bond motifs is 3. The van der Waals surface area contributed by atoms with E-state index in [0.29, 0.717) is 12.5 Å². The average Bonchev–Trinajstić information content (AvgIpc) is 3.34. The molecule has 1 aliphatic carbocycles. The van der Waals surface area contributed by atoms with Crippen LogP contribution >= 0.6 is 0 Å². The van der Waals surface area contributed by atoms with E-state index in [1.165, 1.54) is 0 Å². The van der Waals surface area contributed by atoms with Crippen molar-refractivity contribution in [2.75, 3.05) is 13.2 Å². The zero-order valence-corrected chi connectivity index (χ0v) is 19.0. The van der Waals surface area contributed by atoms with Gasteiger partial charge in [0, 0.05) is 18.5 Å². The van der Waals surface area contributed by atoms with Crippen LogP contribution in [0.3, 0.4) is 0 Å². The van der Waals surface area contributed by atoms with Crippen LogP contribution in [0.1, 0.15) is 50.2 Å². The molecule has 0 radical (unpaired) electrons. The Kier molecular flexibility index (Phi) is 6.67. The number of aliphatic carboxylic acids is 1. The first kappa shape index (κ1) is 22.8. The van der Waals surface area contributed by atoms with Crippen LogP contribution in [0, 0.1) is 5.92 Å². The molecule has 1 saturated heterocycles. The normalized spacial score (nSPS) is 20.1. The molecule has 0 aromatic heterocycles. The van der Waals surface area contributed by atoms with E-state index in [9.17, 15) is 19.5 Å². The monoisotopic (exact) mass is 450 g/mol. The van der Waals surface area contributed by atoms with Gasteiger partial charge in [0.1, 0.15) is 12.6 Å². The summed E-state index contributed by atoms with van der Waals surface area (Å²) in [5.41, 5.74) is 4.41. The number of ether oxygens (including phenoxy) is 1.